The molecular weight excluding hydrogens is 248 g/mol. The molecule has 2 nitrogen and oxygen atoms in total. The van der Waals surface area contributed by atoms with E-state index >= 15 is 0 Å². The predicted molar refractivity (Wildman–Crippen MR) is 102 cm³/mol. The van der Waals surface area contributed by atoms with E-state index < -0.39 is 25.5 Å². The topological polar surface area (TPSA) is 18.5 Å². The molecule has 0 bridgehead atoms. The fraction of sp³-hybridized carbons (Fsp3) is 1.00. The van der Waals surface area contributed by atoms with Crippen LogP contribution < -0.4 is 0 Å². The van der Waals surface area contributed by atoms with Crippen molar-refractivity contribution in [2.24, 2.45) is 0 Å². The Morgan fingerprint density at radius 2 is 1.05 bits per heavy atom. The Morgan fingerprint density at radius 3 is 1.19 bits per heavy atom. The van der Waals surface area contributed by atoms with Crippen molar-refractivity contribution in [1.82, 2.24) is 0 Å². The molecule has 1 aliphatic rings. The lowest BCUT2D eigenvalue weighted by Crippen LogP contribution is -2.62. The van der Waals surface area contributed by atoms with Crippen molar-refractivity contribution in [3.05, 3.63) is 0 Å². The molecule has 1 fully saturated rings. The van der Waals surface area contributed by atoms with Gasteiger partial charge in [-0.1, -0.05) is 13.8 Å². The van der Waals surface area contributed by atoms with Gasteiger partial charge in [0.25, 0.3) is 0 Å². The highest BCUT2D eigenvalue weighted by atomic mass is 16.7. The van der Waals surface area contributed by atoms with Gasteiger partial charge >= 0.3 is 0 Å². The van der Waals surface area contributed by atoms with Crippen LogP contribution in [0.5, 0.6) is 0 Å². The molecule has 12 radical (unpaired) electrons. The summed E-state index contributed by atoms with van der Waals surface area (Å²) in [4.78, 5) is 0. The quantitative estimate of drug-likeness (QED) is 0.565. The average molecular weight is 266 g/mol. The van der Waals surface area contributed by atoms with Crippen molar-refractivity contribution >= 4 is 72.0 Å². The summed E-state index contributed by atoms with van der Waals surface area (Å²) in [5, 5.41) is 0. The van der Waals surface area contributed by atoms with Gasteiger partial charge in [0.15, 0.2) is 5.79 Å². The first-order valence-electron chi connectivity index (χ1n) is 7.44. The molecule has 0 spiro atoms. The van der Waals surface area contributed by atoms with Crippen molar-refractivity contribution in [2.75, 3.05) is 0 Å². The van der Waals surface area contributed by atoms with Crippen LogP contribution in [0.25, 0.3) is 0 Å². The molecule has 0 amide bonds. The first-order valence-corrected chi connectivity index (χ1v) is 7.44. The van der Waals surface area contributed by atoms with E-state index in [1.54, 1.807) is 0 Å². The van der Waals surface area contributed by atoms with Crippen LogP contribution in [0.4, 0.5) is 0 Å². The Balaban J connectivity index is 0.000000384. The Kier molecular flexibility index (Phi) is 9.91. The Hall–Kier alpha value is 0.569. The smallest absolute Gasteiger partial charge is 0.163 e. The molecule has 0 saturated carbocycles. The zero-order valence-corrected chi connectivity index (χ0v) is 13.7. The standard InChI is InChI=1S/C9H18O2.B10/c1-5-7-8(6-2)11-9(3,4)10-7;1-7(2)10(8(3)4)9(5)6/h7-8H,5-6H2,1-4H3;/t7-,8-;/m1./s1. The minimum Gasteiger partial charge on any atom is -0.345 e. The van der Waals surface area contributed by atoms with Crippen LogP contribution in [-0.2, 0) is 9.47 Å². The molecule has 1 saturated heterocycles. The summed E-state index contributed by atoms with van der Waals surface area (Å²) in [6, 6.07) is 0. The number of ether oxygens (including phenoxy) is 2. The van der Waals surface area contributed by atoms with Crippen LogP contribution in [0.3, 0.4) is 0 Å². The van der Waals surface area contributed by atoms with Crippen LogP contribution in [0.2, 0.25) is 0 Å². The minimum atomic E-state index is -0.667. The molecule has 0 aromatic rings. The number of hydrogen-bond donors (Lipinski definition) is 0. The van der Waals surface area contributed by atoms with Gasteiger partial charge in [0.2, 0.25) is 0 Å². The highest BCUT2D eigenvalue weighted by Crippen LogP contribution is 2.30. The third-order valence-electron chi connectivity index (χ3n) is 3.42. The van der Waals surface area contributed by atoms with Gasteiger partial charge in [-0.3, -0.25) is 0 Å². The van der Waals surface area contributed by atoms with Gasteiger partial charge in [-0.2, -0.15) is 0 Å². The lowest BCUT2D eigenvalue weighted by Gasteiger charge is -2.23. The molecule has 96 valence electrons. The van der Waals surface area contributed by atoms with Gasteiger partial charge in [-0.15, -0.1) is 0 Å². The summed E-state index contributed by atoms with van der Waals surface area (Å²) >= 11 is 0. The van der Waals surface area contributed by atoms with Crippen molar-refractivity contribution in [3.63, 3.8) is 0 Å². The van der Waals surface area contributed by atoms with E-state index in [0.29, 0.717) is 12.2 Å². The van der Waals surface area contributed by atoms with E-state index in [9.17, 15) is 0 Å². The van der Waals surface area contributed by atoms with Crippen LogP contribution in [0.15, 0.2) is 0 Å². The van der Waals surface area contributed by atoms with Gasteiger partial charge in [-0.25, -0.2) is 0 Å². The fourth-order valence-electron chi connectivity index (χ4n) is 2.37. The van der Waals surface area contributed by atoms with Crippen molar-refractivity contribution in [2.45, 2.75) is 58.5 Å². The maximum Gasteiger partial charge on any atom is 0.163 e. The first-order chi connectivity index (χ1) is 9.55. The molecule has 12 heteroatoms. The Morgan fingerprint density at radius 1 is 0.762 bits per heavy atom. The van der Waals surface area contributed by atoms with Gasteiger partial charge in [0.05, 0.1) is 12.2 Å². The molecule has 0 N–H and O–H groups in total. The average Bonchev–Trinajstić information content (AvgIpc) is 2.63. The molecule has 21 heavy (non-hydrogen) atoms. The van der Waals surface area contributed by atoms with E-state index in [4.69, 9.17) is 55.9 Å². The molecule has 2 atom stereocenters. The van der Waals surface area contributed by atoms with E-state index in [1.807, 2.05) is 13.8 Å². The van der Waals surface area contributed by atoms with E-state index in [-0.39, 0.29) is 5.79 Å². The zero-order chi connectivity index (χ0) is 16.8. The molecule has 0 aromatic carbocycles. The maximum atomic E-state index is 5.68. The van der Waals surface area contributed by atoms with Crippen LogP contribution in [0.1, 0.15) is 40.5 Å². The molecule has 0 aromatic heterocycles. The maximum absolute atomic E-state index is 5.68. The molecule has 0 unspecified atom stereocenters. The SMILES string of the molecule is CC[C@H]1OC(C)(C)O[C@@H]1CC.[B]B([B])B(B([B])[B])B([B])[B]. The third-order valence-corrected chi connectivity index (χ3v) is 3.42. The molecule has 1 rings (SSSR count). The first kappa shape index (κ1) is 21.6. The van der Waals surface area contributed by atoms with Crippen molar-refractivity contribution in [1.29, 1.82) is 0 Å². The summed E-state index contributed by atoms with van der Waals surface area (Å²) < 4.78 is 11.4. The molecular formula is C9H18B10O2. The third kappa shape index (κ3) is 7.59. The Bertz CT molecular complexity index is 255. The minimum absolute atomic E-state index is 0.301. The monoisotopic (exact) mass is 268 g/mol. The summed E-state index contributed by atoms with van der Waals surface area (Å²) in [7, 11) is 31.8. The van der Waals surface area contributed by atoms with Crippen molar-refractivity contribution in [3.8, 4) is 0 Å². The second-order valence-corrected chi connectivity index (χ2v) is 5.84. The van der Waals surface area contributed by atoms with Crippen LogP contribution in [-0.4, -0.2) is 90.0 Å². The summed E-state index contributed by atoms with van der Waals surface area (Å²) in [6.07, 6.45) is 0.245. The largest absolute Gasteiger partial charge is 0.345 e. The van der Waals surface area contributed by atoms with Gasteiger partial charge in [0.1, 0.15) is 0 Å². The van der Waals surface area contributed by atoms with E-state index in [2.05, 4.69) is 13.8 Å². The number of hydrogen-bond acceptors (Lipinski definition) is 2. The second-order valence-electron chi connectivity index (χ2n) is 5.84. The summed E-state index contributed by atoms with van der Waals surface area (Å²) in [6.45, 7) is 8.23. The van der Waals surface area contributed by atoms with Crippen LogP contribution in [0, 0.1) is 0 Å². The second kappa shape index (κ2) is 9.65. The van der Waals surface area contributed by atoms with E-state index in [0.717, 1.165) is 12.8 Å². The fourth-order valence-corrected chi connectivity index (χ4v) is 2.37. The van der Waals surface area contributed by atoms with Gasteiger partial charge in [0, 0.05) is 72.0 Å². The van der Waals surface area contributed by atoms with Crippen molar-refractivity contribution < 1.29 is 9.47 Å². The predicted octanol–water partition coefficient (Wildman–Crippen LogP) is -1.48. The highest BCUT2D eigenvalue weighted by molar-refractivity contribution is 8.00. The molecule has 1 heterocycles. The molecule has 0 aliphatic carbocycles. The summed E-state index contributed by atoms with van der Waals surface area (Å²) in [5.41, 5.74) is 0. The normalized spacial score (nSPS) is 22.9. The van der Waals surface area contributed by atoms with Gasteiger partial charge in [-0.05, 0) is 26.7 Å². The van der Waals surface area contributed by atoms with Gasteiger partial charge < -0.3 is 9.47 Å². The molecule has 1 aliphatic heterocycles. The lowest BCUT2D eigenvalue weighted by atomic mass is 8.58. The zero-order valence-electron chi connectivity index (χ0n) is 13.7. The van der Waals surface area contributed by atoms with Crippen LogP contribution >= 0.6 is 0 Å². The van der Waals surface area contributed by atoms with E-state index in [1.165, 1.54) is 0 Å². The number of rotatable bonds is 5. The highest BCUT2D eigenvalue weighted by Gasteiger charge is 2.38. The summed E-state index contributed by atoms with van der Waals surface area (Å²) in [5.74, 6) is -0.360. The Labute approximate surface area is 140 Å². The lowest BCUT2D eigenvalue weighted by molar-refractivity contribution is -0.146.